The van der Waals surface area contributed by atoms with Crippen molar-refractivity contribution in [2.45, 2.75) is 70.1 Å². The number of hydrogen-bond donors (Lipinski definition) is 2. The molecule has 256 valence electrons. The summed E-state index contributed by atoms with van der Waals surface area (Å²) in [7, 11) is 1.47. The molecule has 1 saturated heterocycles. The largest absolute Gasteiger partial charge is 0.495 e. The van der Waals surface area contributed by atoms with E-state index in [9.17, 15) is 22.8 Å². The summed E-state index contributed by atoms with van der Waals surface area (Å²) in [6, 6.07) is 12.7. The van der Waals surface area contributed by atoms with E-state index in [1.54, 1.807) is 18.2 Å². The van der Waals surface area contributed by atoms with Crippen LogP contribution in [-0.2, 0) is 28.5 Å². The van der Waals surface area contributed by atoms with Gasteiger partial charge < -0.3 is 20.1 Å². The maximum absolute atomic E-state index is 14.1. The zero-order valence-corrected chi connectivity index (χ0v) is 27.3. The van der Waals surface area contributed by atoms with Crippen LogP contribution < -0.4 is 15.4 Å². The summed E-state index contributed by atoms with van der Waals surface area (Å²) >= 11 is 0. The normalized spacial score (nSPS) is 22.9. The van der Waals surface area contributed by atoms with Crippen LogP contribution in [0.5, 0.6) is 5.75 Å². The number of nitrogens with one attached hydrogen (secondary N) is 2. The molecule has 48 heavy (non-hydrogen) atoms. The van der Waals surface area contributed by atoms with Gasteiger partial charge in [0.25, 0.3) is 0 Å². The molecule has 2 fully saturated rings. The van der Waals surface area contributed by atoms with Gasteiger partial charge in [0, 0.05) is 44.2 Å². The number of carbonyl (C=O) groups excluding carboxylic acids is 2. The lowest BCUT2D eigenvalue weighted by Gasteiger charge is -2.38. The quantitative estimate of drug-likeness (QED) is 0.243. The molecule has 6 rings (SSSR count). The molecule has 1 aromatic heterocycles. The molecule has 0 bridgehead atoms. The van der Waals surface area contributed by atoms with Crippen molar-refractivity contribution in [1.82, 2.24) is 20.2 Å². The van der Waals surface area contributed by atoms with E-state index >= 15 is 0 Å². The van der Waals surface area contributed by atoms with Gasteiger partial charge in [-0.1, -0.05) is 24.3 Å². The number of carbonyl (C=O) groups is 2. The maximum atomic E-state index is 14.1. The summed E-state index contributed by atoms with van der Waals surface area (Å²) in [6.45, 7) is 4.92. The molecule has 2 aliphatic carbocycles. The fraction of sp³-hybridized carbons (Fsp3) is 0.500. The van der Waals surface area contributed by atoms with Crippen LogP contribution in [0.4, 0.5) is 24.8 Å². The first kappa shape index (κ1) is 33.9. The molecule has 2 aromatic carbocycles. The van der Waals surface area contributed by atoms with Gasteiger partial charge in [0.15, 0.2) is 5.78 Å². The van der Waals surface area contributed by atoms with Gasteiger partial charge >= 0.3 is 6.18 Å². The highest BCUT2D eigenvalue weighted by atomic mass is 19.4. The van der Waals surface area contributed by atoms with Gasteiger partial charge in [-0.2, -0.15) is 13.2 Å². The van der Waals surface area contributed by atoms with Crippen molar-refractivity contribution in [2.24, 2.45) is 11.8 Å². The minimum Gasteiger partial charge on any atom is -0.495 e. The van der Waals surface area contributed by atoms with Crippen molar-refractivity contribution in [3.8, 4) is 5.75 Å². The predicted octanol–water partition coefficient (Wildman–Crippen LogP) is 6.30. The Kier molecular flexibility index (Phi) is 10.3. The number of ketones is 1. The molecular formula is C36H42F3N5O4. The molecule has 2 N–H and O–H groups in total. The Bertz CT molecular complexity index is 1620. The summed E-state index contributed by atoms with van der Waals surface area (Å²) in [5.41, 5.74) is 1.75. The van der Waals surface area contributed by atoms with Crippen molar-refractivity contribution in [3.63, 3.8) is 0 Å². The molecule has 1 aliphatic heterocycles. The number of amides is 1. The first-order chi connectivity index (χ1) is 23.1. The number of fused-ring (bicyclic) bond motifs is 1. The number of alkyl halides is 3. The van der Waals surface area contributed by atoms with Gasteiger partial charge in [-0.3, -0.25) is 14.5 Å². The molecule has 1 amide bonds. The third-order valence-electron chi connectivity index (χ3n) is 9.95. The van der Waals surface area contributed by atoms with Crippen LogP contribution in [0.15, 0.2) is 48.7 Å². The van der Waals surface area contributed by atoms with Crippen LogP contribution in [-0.4, -0.2) is 66.0 Å². The third-order valence-corrected chi connectivity index (χ3v) is 9.95. The number of anilines is 2. The summed E-state index contributed by atoms with van der Waals surface area (Å²) in [4.78, 5) is 36.1. The zero-order chi connectivity index (χ0) is 33.8. The molecular weight excluding hydrogens is 623 g/mol. The highest BCUT2D eigenvalue weighted by Gasteiger charge is 2.39. The number of ether oxygens (including phenoxy) is 2. The van der Waals surface area contributed by atoms with E-state index in [4.69, 9.17) is 9.47 Å². The van der Waals surface area contributed by atoms with Gasteiger partial charge in [-0.15, -0.1) is 0 Å². The topological polar surface area (TPSA) is 106 Å². The molecule has 9 nitrogen and oxygen atoms in total. The number of hydrogen-bond acceptors (Lipinski definition) is 8. The van der Waals surface area contributed by atoms with E-state index in [0.717, 1.165) is 69.3 Å². The molecule has 3 aromatic rings. The Hall–Kier alpha value is -4.03. The first-order valence-corrected chi connectivity index (χ1v) is 16.7. The number of aromatic nitrogens is 2. The van der Waals surface area contributed by atoms with Crippen LogP contribution in [0.3, 0.4) is 0 Å². The molecule has 2 atom stereocenters. The zero-order valence-electron chi connectivity index (χ0n) is 27.3. The Labute approximate surface area is 278 Å². The average molecular weight is 666 g/mol. The van der Waals surface area contributed by atoms with Crippen molar-refractivity contribution in [2.75, 3.05) is 38.7 Å². The number of rotatable bonds is 10. The molecule has 12 heteroatoms. The SMILES string of the molecule is COc1cc(C(=O)CC2CCC(N3CCOCC3)CC2)ccc1Nc1ncc(C(F)(F)F)c(C[C@@H]2Cc3ccccc3[C@H]2NC(C)=O)n1. The average Bonchev–Trinajstić information content (AvgIpc) is 3.41. The van der Waals surface area contributed by atoms with Crippen molar-refractivity contribution in [3.05, 3.63) is 76.6 Å². The van der Waals surface area contributed by atoms with Gasteiger partial charge in [-0.05, 0) is 79.7 Å². The van der Waals surface area contributed by atoms with Gasteiger partial charge in [-0.25, -0.2) is 9.97 Å². The highest BCUT2D eigenvalue weighted by Crippen LogP contribution is 2.41. The Morgan fingerprint density at radius 3 is 2.52 bits per heavy atom. The Morgan fingerprint density at radius 1 is 1.06 bits per heavy atom. The highest BCUT2D eigenvalue weighted by molar-refractivity contribution is 5.97. The Balaban J connectivity index is 1.15. The number of benzene rings is 2. The fourth-order valence-corrected chi connectivity index (χ4v) is 7.53. The number of nitrogens with zero attached hydrogens (tertiary/aromatic N) is 3. The number of morpholine rings is 1. The van der Waals surface area contributed by atoms with Gasteiger partial charge in [0.2, 0.25) is 11.9 Å². The van der Waals surface area contributed by atoms with E-state index in [1.165, 1.54) is 14.0 Å². The molecule has 2 heterocycles. The second kappa shape index (κ2) is 14.6. The van der Waals surface area contributed by atoms with E-state index in [1.807, 2.05) is 24.3 Å². The summed E-state index contributed by atoms with van der Waals surface area (Å²) in [6.07, 6.45) is 1.26. The second-order valence-electron chi connectivity index (χ2n) is 13.1. The van der Waals surface area contributed by atoms with E-state index in [0.29, 0.717) is 41.8 Å². The number of halogens is 3. The lowest BCUT2D eigenvalue weighted by molar-refractivity contribution is -0.138. The van der Waals surface area contributed by atoms with Gasteiger partial charge in [0.05, 0.1) is 43.3 Å². The molecule has 0 unspecified atom stereocenters. The minimum atomic E-state index is -4.66. The van der Waals surface area contributed by atoms with E-state index in [-0.39, 0.29) is 35.7 Å². The van der Waals surface area contributed by atoms with E-state index < -0.39 is 17.8 Å². The van der Waals surface area contributed by atoms with Crippen LogP contribution in [0.2, 0.25) is 0 Å². The van der Waals surface area contributed by atoms with Crippen LogP contribution in [0.25, 0.3) is 0 Å². The molecule has 3 aliphatic rings. The van der Waals surface area contributed by atoms with Gasteiger partial charge in [0.1, 0.15) is 5.75 Å². The summed E-state index contributed by atoms with van der Waals surface area (Å²) in [5.74, 6) is 0.111. The number of Topliss-reactive ketones (excluding diaryl/α,β-unsaturated/α-hetero) is 1. The van der Waals surface area contributed by atoms with Crippen molar-refractivity contribution < 1.29 is 32.2 Å². The second-order valence-corrected chi connectivity index (χ2v) is 13.1. The molecule has 1 saturated carbocycles. The third kappa shape index (κ3) is 7.81. The maximum Gasteiger partial charge on any atom is 0.419 e. The molecule has 0 spiro atoms. The minimum absolute atomic E-state index is 0.0232. The Morgan fingerprint density at radius 2 is 1.81 bits per heavy atom. The molecule has 0 radical (unpaired) electrons. The monoisotopic (exact) mass is 665 g/mol. The lowest BCUT2D eigenvalue weighted by atomic mass is 9.81. The van der Waals surface area contributed by atoms with Crippen LogP contribution in [0.1, 0.15) is 77.8 Å². The van der Waals surface area contributed by atoms with Crippen LogP contribution >= 0.6 is 0 Å². The van der Waals surface area contributed by atoms with Crippen molar-refractivity contribution >= 4 is 23.3 Å². The lowest BCUT2D eigenvalue weighted by Crippen LogP contribution is -2.45. The van der Waals surface area contributed by atoms with Crippen LogP contribution in [0, 0.1) is 11.8 Å². The summed E-state index contributed by atoms with van der Waals surface area (Å²) in [5, 5.41) is 5.92. The predicted molar refractivity (Wildman–Crippen MR) is 174 cm³/mol. The van der Waals surface area contributed by atoms with Crippen molar-refractivity contribution in [1.29, 1.82) is 0 Å². The van der Waals surface area contributed by atoms with E-state index in [2.05, 4.69) is 25.5 Å². The summed E-state index contributed by atoms with van der Waals surface area (Å²) < 4.78 is 53.5. The first-order valence-electron chi connectivity index (χ1n) is 16.7. The standard InChI is InChI=1S/C36H42F3N5O4/c1-22(45)41-34-26(18-24-5-3-4-6-28(24)34)19-31-29(36(37,38)39)21-40-35(43-31)42-30-12-9-25(20-33(30)47-2)32(46)17-23-7-10-27(11-8-23)44-13-15-48-16-14-44/h3-6,9,12,20-21,23,26-27,34H,7-8,10-11,13-19H2,1-2H3,(H,41,45)(H,40,42,43)/t23?,26-,27?,34-/m0/s1. The number of methoxy groups -OCH3 is 1. The smallest absolute Gasteiger partial charge is 0.419 e. The fourth-order valence-electron chi connectivity index (χ4n) is 7.53.